The number of aryl methyl sites for hydroxylation is 2. The number of likely N-dealkylation sites (N-methyl/N-ethyl adjacent to an activating group) is 1. The molecule has 0 radical (unpaired) electrons. The maximum atomic E-state index is 12.3. The highest BCUT2D eigenvalue weighted by molar-refractivity contribution is 5.94. The van der Waals surface area contributed by atoms with E-state index in [9.17, 15) is 4.79 Å². The average Bonchev–Trinajstić information content (AvgIpc) is 2.48. The van der Waals surface area contributed by atoms with Crippen molar-refractivity contribution < 1.29 is 4.79 Å². The minimum absolute atomic E-state index is 0.0714. The number of aromatic nitrogens is 1. The third-order valence-electron chi connectivity index (χ3n) is 3.59. The van der Waals surface area contributed by atoms with Crippen molar-refractivity contribution >= 4 is 5.91 Å². The van der Waals surface area contributed by atoms with Gasteiger partial charge in [0.25, 0.3) is 5.91 Å². The number of pyridine rings is 1. The van der Waals surface area contributed by atoms with Gasteiger partial charge in [0, 0.05) is 31.5 Å². The summed E-state index contributed by atoms with van der Waals surface area (Å²) in [7, 11) is 1.85. The number of rotatable bonds is 4. The van der Waals surface area contributed by atoms with Gasteiger partial charge in [0.05, 0.1) is 0 Å². The average molecular weight is 268 g/mol. The van der Waals surface area contributed by atoms with Crippen LogP contribution in [0, 0.1) is 13.8 Å². The van der Waals surface area contributed by atoms with E-state index in [1.165, 1.54) is 11.1 Å². The molecule has 2 aromatic rings. The van der Waals surface area contributed by atoms with Crippen molar-refractivity contribution in [3.63, 3.8) is 0 Å². The molecule has 0 aliphatic rings. The van der Waals surface area contributed by atoms with E-state index in [1.54, 1.807) is 17.3 Å². The largest absolute Gasteiger partial charge is 0.341 e. The fourth-order valence-corrected chi connectivity index (χ4v) is 2.04. The fourth-order valence-electron chi connectivity index (χ4n) is 2.04. The maximum Gasteiger partial charge on any atom is 0.253 e. The van der Waals surface area contributed by atoms with Crippen molar-refractivity contribution in [3.8, 4) is 0 Å². The molecular weight excluding hydrogens is 248 g/mol. The van der Waals surface area contributed by atoms with Gasteiger partial charge in [-0.05, 0) is 61.2 Å². The Morgan fingerprint density at radius 1 is 1.10 bits per heavy atom. The second-order valence-corrected chi connectivity index (χ2v) is 5.13. The van der Waals surface area contributed by atoms with Gasteiger partial charge in [0.15, 0.2) is 0 Å². The lowest BCUT2D eigenvalue weighted by molar-refractivity contribution is 0.0796. The van der Waals surface area contributed by atoms with Crippen LogP contribution in [0.25, 0.3) is 0 Å². The second kappa shape index (κ2) is 6.33. The van der Waals surface area contributed by atoms with Gasteiger partial charge >= 0.3 is 0 Å². The van der Waals surface area contributed by atoms with Crippen molar-refractivity contribution in [2.24, 2.45) is 0 Å². The Labute approximate surface area is 120 Å². The fraction of sp³-hybridized carbons (Fsp3) is 0.294. The summed E-state index contributed by atoms with van der Waals surface area (Å²) >= 11 is 0. The molecule has 3 nitrogen and oxygen atoms in total. The molecule has 1 heterocycles. The van der Waals surface area contributed by atoms with Crippen LogP contribution >= 0.6 is 0 Å². The van der Waals surface area contributed by atoms with Gasteiger partial charge in [-0.25, -0.2) is 0 Å². The zero-order valence-electron chi connectivity index (χ0n) is 12.3. The molecule has 0 fully saturated rings. The molecule has 0 aliphatic heterocycles. The smallest absolute Gasteiger partial charge is 0.253 e. The predicted octanol–water partition coefficient (Wildman–Crippen LogP) is 3.01. The molecule has 0 N–H and O–H groups in total. The number of amides is 1. The Morgan fingerprint density at radius 3 is 2.45 bits per heavy atom. The highest BCUT2D eigenvalue weighted by Gasteiger charge is 2.12. The predicted molar refractivity (Wildman–Crippen MR) is 80.8 cm³/mol. The quantitative estimate of drug-likeness (QED) is 0.854. The van der Waals surface area contributed by atoms with Gasteiger partial charge in [-0.15, -0.1) is 0 Å². The number of carbonyl (C=O) groups excluding carboxylic acids is 1. The topological polar surface area (TPSA) is 33.2 Å². The summed E-state index contributed by atoms with van der Waals surface area (Å²) in [5, 5.41) is 0. The molecule has 2 rings (SSSR count). The molecule has 104 valence electrons. The summed E-state index contributed by atoms with van der Waals surface area (Å²) in [6.45, 7) is 4.79. The molecule has 0 bridgehead atoms. The Bertz CT molecular complexity index is 593. The van der Waals surface area contributed by atoms with Crippen molar-refractivity contribution in [3.05, 3.63) is 65.0 Å². The summed E-state index contributed by atoms with van der Waals surface area (Å²) in [5.41, 5.74) is 4.31. The molecule has 0 saturated heterocycles. The zero-order valence-corrected chi connectivity index (χ0v) is 12.3. The van der Waals surface area contributed by atoms with Crippen LogP contribution < -0.4 is 0 Å². The van der Waals surface area contributed by atoms with Crippen LogP contribution in [0.15, 0.2) is 42.7 Å². The highest BCUT2D eigenvalue weighted by atomic mass is 16.2. The molecule has 1 amide bonds. The maximum absolute atomic E-state index is 12.3. The first-order chi connectivity index (χ1) is 9.58. The molecule has 0 unspecified atom stereocenters. The Balaban J connectivity index is 1.99. The number of hydrogen-bond acceptors (Lipinski definition) is 2. The Kier molecular flexibility index (Phi) is 4.51. The van der Waals surface area contributed by atoms with Gasteiger partial charge in [-0.3, -0.25) is 9.78 Å². The lowest BCUT2D eigenvalue weighted by atomic mass is 10.1. The molecule has 1 aromatic heterocycles. The van der Waals surface area contributed by atoms with Crippen LogP contribution in [0.3, 0.4) is 0 Å². The van der Waals surface area contributed by atoms with E-state index in [0.717, 1.165) is 17.5 Å². The van der Waals surface area contributed by atoms with Crippen LogP contribution in [0.4, 0.5) is 0 Å². The van der Waals surface area contributed by atoms with Crippen LogP contribution in [-0.4, -0.2) is 29.4 Å². The third kappa shape index (κ3) is 3.44. The summed E-state index contributed by atoms with van der Waals surface area (Å²) in [6.07, 6.45) is 4.40. The number of benzene rings is 1. The van der Waals surface area contributed by atoms with E-state index < -0.39 is 0 Å². The lowest BCUT2D eigenvalue weighted by Gasteiger charge is -2.17. The third-order valence-corrected chi connectivity index (χ3v) is 3.59. The first-order valence-electron chi connectivity index (χ1n) is 6.79. The normalized spacial score (nSPS) is 10.3. The van der Waals surface area contributed by atoms with Crippen LogP contribution in [0.1, 0.15) is 27.0 Å². The zero-order chi connectivity index (χ0) is 14.5. The van der Waals surface area contributed by atoms with Gasteiger partial charge in [0.2, 0.25) is 0 Å². The summed E-state index contributed by atoms with van der Waals surface area (Å²) in [6, 6.07) is 9.82. The van der Waals surface area contributed by atoms with E-state index in [2.05, 4.69) is 11.9 Å². The van der Waals surface area contributed by atoms with E-state index in [1.807, 2.05) is 44.3 Å². The van der Waals surface area contributed by atoms with Crippen LogP contribution in [0.2, 0.25) is 0 Å². The minimum atomic E-state index is 0.0714. The minimum Gasteiger partial charge on any atom is -0.341 e. The Morgan fingerprint density at radius 2 is 1.80 bits per heavy atom. The first kappa shape index (κ1) is 14.3. The van der Waals surface area contributed by atoms with Gasteiger partial charge in [-0.2, -0.15) is 0 Å². The van der Waals surface area contributed by atoms with Gasteiger partial charge in [0.1, 0.15) is 0 Å². The summed E-state index contributed by atoms with van der Waals surface area (Å²) < 4.78 is 0. The molecular formula is C17H20N2O. The molecule has 3 heteroatoms. The first-order valence-corrected chi connectivity index (χ1v) is 6.79. The number of nitrogens with zero attached hydrogens (tertiary/aromatic N) is 2. The van der Waals surface area contributed by atoms with Crippen LogP contribution in [0.5, 0.6) is 0 Å². The monoisotopic (exact) mass is 268 g/mol. The molecule has 0 spiro atoms. The van der Waals surface area contributed by atoms with E-state index in [0.29, 0.717) is 6.54 Å². The molecule has 0 aliphatic carbocycles. The molecule has 1 aromatic carbocycles. The summed E-state index contributed by atoms with van der Waals surface area (Å²) in [4.78, 5) is 18.1. The van der Waals surface area contributed by atoms with Gasteiger partial charge < -0.3 is 4.90 Å². The van der Waals surface area contributed by atoms with E-state index in [-0.39, 0.29) is 5.91 Å². The second-order valence-electron chi connectivity index (χ2n) is 5.13. The molecule has 0 saturated carbocycles. The van der Waals surface area contributed by atoms with Crippen molar-refractivity contribution in [1.29, 1.82) is 0 Å². The van der Waals surface area contributed by atoms with Crippen molar-refractivity contribution in [2.75, 3.05) is 13.6 Å². The highest BCUT2D eigenvalue weighted by Crippen LogP contribution is 2.12. The molecule has 0 atom stereocenters. The molecule has 20 heavy (non-hydrogen) atoms. The number of hydrogen-bond donors (Lipinski definition) is 0. The van der Waals surface area contributed by atoms with Gasteiger partial charge in [-0.1, -0.05) is 6.07 Å². The summed E-state index contributed by atoms with van der Waals surface area (Å²) in [5.74, 6) is 0.0714. The Hall–Kier alpha value is -2.16. The van der Waals surface area contributed by atoms with Crippen molar-refractivity contribution in [1.82, 2.24) is 9.88 Å². The van der Waals surface area contributed by atoms with Crippen LogP contribution in [-0.2, 0) is 6.42 Å². The van der Waals surface area contributed by atoms with E-state index in [4.69, 9.17) is 0 Å². The number of carbonyl (C=O) groups is 1. The van der Waals surface area contributed by atoms with Crippen molar-refractivity contribution in [2.45, 2.75) is 20.3 Å². The SMILES string of the molecule is Cc1ccc(C(=O)N(C)CCc2ccncc2)cc1C. The standard InChI is InChI=1S/C17H20N2O/c1-13-4-5-16(12-14(13)2)17(20)19(3)11-8-15-6-9-18-10-7-15/h4-7,9-10,12H,8,11H2,1-3H3. The lowest BCUT2D eigenvalue weighted by Crippen LogP contribution is -2.28. The van der Waals surface area contributed by atoms with E-state index >= 15 is 0 Å².